The Kier molecular flexibility index (Phi) is 17.7. The molecule has 0 unspecified atom stereocenters. The van der Waals surface area contributed by atoms with Crippen LogP contribution in [0.1, 0.15) is 103 Å². The summed E-state index contributed by atoms with van der Waals surface area (Å²) in [5, 5.41) is 0. The van der Waals surface area contributed by atoms with Crippen molar-refractivity contribution in [3.8, 4) is 0 Å². The number of amides is 1. The summed E-state index contributed by atoms with van der Waals surface area (Å²) < 4.78 is 0.949. The zero-order valence-corrected chi connectivity index (χ0v) is 19.8. The fourth-order valence-corrected chi connectivity index (χ4v) is 3.79. The van der Waals surface area contributed by atoms with Gasteiger partial charge in [0.2, 0.25) is 5.91 Å². The summed E-state index contributed by atoms with van der Waals surface area (Å²) >= 11 is 0. The molecule has 0 bridgehead atoms. The molecule has 0 aromatic heterocycles. The van der Waals surface area contributed by atoms with Crippen LogP contribution in [0.25, 0.3) is 0 Å². The van der Waals surface area contributed by atoms with Gasteiger partial charge in [0.05, 0.1) is 27.2 Å². The van der Waals surface area contributed by atoms with Gasteiger partial charge >= 0.3 is 0 Å². The molecule has 0 heterocycles. The van der Waals surface area contributed by atoms with Crippen molar-refractivity contribution in [1.82, 2.24) is 4.90 Å². The van der Waals surface area contributed by atoms with Gasteiger partial charge in [-0.15, -0.1) is 0 Å². The molecule has 0 aromatic carbocycles. The minimum Gasteiger partial charge on any atom is -0.346 e. The van der Waals surface area contributed by atoms with Crippen LogP contribution in [0.5, 0.6) is 0 Å². The van der Waals surface area contributed by atoms with Crippen molar-refractivity contribution in [2.45, 2.75) is 103 Å². The lowest BCUT2D eigenvalue weighted by molar-refractivity contribution is -0.884. The van der Waals surface area contributed by atoms with Crippen molar-refractivity contribution in [2.24, 2.45) is 0 Å². The molecule has 0 fully saturated rings. The first-order valence-electron chi connectivity index (χ1n) is 12.1. The van der Waals surface area contributed by atoms with E-state index in [1.807, 2.05) is 18.0 Å². The highest BCUT2D eigenvalue weighted by Crippen LogP contribution is 2.13. The molecule has 0 aliphatic carbocycles. The second kappa shape index (κ2) is 18.2. The number of unbranched alkanes of at least 4 members (excludes halogenated alkanes) is 12. The molecule has 0 N–H and O–H groups in total. The van der Waals surface area contributed by atoms with E-state index in [0.717, 1.165) is 43.4 Å². The normalized spacial score (nSPS) is 11.6. The molecule has 1 amide bonds. The van der Waals surface area contributed by atoms with Crippen molar-refractivity contribution in [1.29, 1.82) is 0 Å². The quantitative estimate of drug-likeness (QED) is 0.129. The summed E-state index contributed by atoms with van der Waals surface area (Å²) in [6.45, 7) is 9.04. The Hall–Kier alpha value is -0.830. The third-order valence-electron chi connectivity index (χ3n) is 5.80. The Morgan fingerprint density at radius 2 is 1.29 bits per heavy atom. The van der Waals surface area contributed by atoms with Crippen LogP contribution in [-0.2, 0) is 4.79 Å². The Balaban J connectivity index is 3.45. The lowest BCUT2D eigenvalue weighted by Gasteiger charge is -2.29. The van der Waals surface area contributed by atoms with Crippen molar-refractivity contribution >= 4 is 5.91 Å². The van der Waals surface area contributed by atoms with Crippen molar-refractivity contribution in [3.05, 3.63) is 12.7 Å². The number of nitrogens with zero attached hydrogens (tertiary/aromatic N) is 2. The summed E-state index contributed by atoms with van der Waals surface area (Å²) in [6.07, 6.45) is 21.3. The summed E-state index contributed by atoms with van der Waals surface area (Å²) in [5.41, 5.74) is 0. The molecule has 0 saturated heterocycles. The average Bonchev–Trinajstić information content (AvgIpc) is 2.65. The fourth-order valence-electron chi connectivity index (χ4n) is 3.79. The Morgan fingerprint density at radius 3 is 1.75 bits per heavy atom. The van der Waals surface area contributed by atoms with Gasteiger partial charge in [-0.1, -0.05) is 90.6 Å². The second-order valence-electron chi connectivity index (χ2n) is 9.29. The van der Waals surface area contributed by atoms with Crippen LogP contribution in [0, 0.1) is 0 Å². The first-order chi connectivity index (χ1) is 13.4. The molecule has 3 heteroatoms. The fraction of sp³-hybridized carbons (Fsp3) is 0.880. The molecule has 28 heavy (non-hydrogen) atoms. The van der Waals surface area contributed by atoms with Crippen LogP contribution in [0.2, 0.25) is 0 Å². The zero-order chi connectivity index (χ0) is 21.1. The van der Waals surface area contributed by atoms with Gasteiger partial charge in [-0.05, 0) is 12.5 Å². The number of hydrogen-bond donors (Lipinski definition) is 0. The smallest absolute Gasteiger partial charge is 0.222 e. The van der Waals surface area contributed by atoms with Gasteiger partial charge in [-0.25, -0.2) is 0 Å². The highest BCUT2D eigenvalue weighted by Gasteiger charge is 2.14. The van der Waals surface area contributed by atoms with Crippen molar-refractivity contribution in [3.63, 3.8) is 0 Å². The Bertz CT molecular complexity index is 379. The standard InChI is InChI=1S/C25H51N2O/c1-6-8-9-10-11-12-13-14-15-16-17-18-19-21-25(28)26(3)22-20-24-27(4,5)23-7-2/h7H,2,6,8-24H2,1,3-5H3/q+1. The topological polar surface area (TPSA) is 20.3 Å². The van der Waals surface area contributed by atoms with Gasteiger partial charge in [0, 0.05) is 26.4 Å². The molecule has 0 spiro atoms. The van der Waals surface area contributed by atoms with Crippen LogP contribution in [0.3, 0.4) is 0 Å². The largest absolute Gasteiger partial charge is 0.346 e. The number of hydrogen-bond acceptors (Lipinski definition) is 1. The van der Waals surface area contributed by atoms with E-state index in [1.54, 1.807) is 0 Å². The molecule has 0 aliphatic heterocycles. The van der Waals surface area contributed by atoms with Gasteiger partial charge in [0.1, 0.15) is 0 Å². The lowest BCUT2D eigenvalue weighted by atomic mass is 10.0. The maximum absolute atomic E-state index is 12.2. The summed E-state index contributed by atoms with van der Waals surface area (Å²) in [7, 11) is 6.40. The average molecular weight is 396 g/mol. The van der Waals surface area contributed by atoms with Crippen LogP contribution >= 0.6 is 0 Å². The maximum Gasteiger partial charge on any atom is 0.222 e. The highest BCUT2D eigenvalue weighted by atomic mass is 16.2. The minimum absolute atomic E-state index is 0.317. The van der Waals surface area contributed by atoms with Gasteiger partial charge < -0.3 is 9.38 Å². The third-order valence-corrected chi connectivity index (χ3v) is 5.80. The van der Waals surface area contributed by atoms with E-state index < -0.39 is 0 Å². The van der Waals surface area contributed by atoms with E-state index in [0.29, 0.717) is 5.91 Å². The minimum atomic E-state index is 0.317. The zero-order valence-electron chi connectivity index (χ0n) is 19.8. The number of rotatable bonds is 20. The SMILES string of the molecule is C=CC[N+](C)(C)CCCN(C)C(=O)CCCCCCCCCCCCCCC. The summed E-state index contributed by atoms with van der Waals surface area (Å²) in [6, 6.07) is 0. The molecule has 0 atom stereocenters. The molecule has 3 nitrogen and oxygen atoms in total. The van der Waals surface area contributed by atoms with Crippen molar-refractivity contribution < 1.29 is 9.28 Å². The van der Waals surface area contributed by atoms with E-state index in [2.05, 4.69) is 27.6 Å². The van der Waals surface area contributed by atoms with E-state index in [-0.39, 0.29) is 0 Å². The molecular weight excluding hydrogens is 344 g/mol. The number of likely N-dealkylation sites (N-methyl/N-ethyl adjacent to an activating group) is 1. The first kappa shape index (κ1) is 27.2. The van der Waals surface area contributed by atoms with E-state index in [9.17, 15) is 4.79 Å². The predicted octanol–water partition coefficient (Wildman–Crippen LogP) is 6.58. The van der Waals surface area contributed by atoms with E-state index >= 15 is 0 Å². The van der Waals surface area contributed by atoms with Crippen LogP contribution in [0.15, 0.2) is 12.7 Å². The van der Waals surface area contributed by atoms with Crippen molar-refractivity contribution in [2.75, 3.05) is 40.8 Å². The molecular formula is C25H51N2O+. The van der Waals surface area contributed by atoms with Gasteiger partial charge in [0.15, 0.2) is 0 Å². The van der Waals surface area contributed by atoms with Crippen LogP contribution < -0.4 is 0 Å². The number of carbonyl (C=O) groups is 1. The number of carbonyl (C=O) groups excluding carboxylic acids is 1. The van der Waals surface area contributed by atoms with Crippen LogP contribution in [0.4, 0.5) is 0 Å². The second-order valence-corrected chi connectivity index (χ2v) is 9.29. The third kappa shape index (κ3) is 17.3. The van der Waals surface area contributed by atoms with Gasteiger partial charge in [-0.3, -0.25) is 4.79 Å². The lowest BCUT2D eigenvalue weighted by Crippen LogP contribution is -2.42. The molecule has 0 radical (unpaired) electrons. The molecule has 0 aromatic rings. The highest BCUT2D eigenvalue weighted by molar-refractivity contribution is 5.75. The van der Waals surface area contributed by atoms with Gasteiger partial charge in [0.25, 0.3) is 0 Å². The summed E-state index contributed by atoms with van der Waals surface area (Å²) in [5.74, 6) is 0.317. The summed E-state index contributed by atoms with van der Waals surface area (Å²) in [4.78, 5) is 14.2. The monoisotopic (exact) mass is 395 g/mol. The predicted molar refractivity (Wildman–Crippen MR) is 125 cm³/mol. The maximum atomic E-state index is 12.2. The van der Waals surface area contributed by atoms with E-state index in [1.165, 1.54) is 77.0 Å². The molecule has 0 saturated carbocycles. The molecule has 166 valence electrons. The number of quaternary nitrogens is 1. The first-order valence-corrected chi connectivity index (χ1v) is 12.1. The Morgan fingerprint density at radius 1 is 0.821 bits per heavy atom. The Labute approximate surface area is 177 Å². The van der Waals surface area contributed by atoms with Gasteiger partial charge in [-0.2, -0.15) is 0 Å². The molecule has 0 aliphatic rings. The molecule has 0 rings (SSSR count). The van der Waals surface area contributed by atoms with Crippen LogP contribution in [-0.4, -0.2) is 56.1 Å². The van der Waals surface area contributed by atoms with E-state index in [4.69, 9.17) is 0 Å².